The zero-order chi connectivity index (χ0) is 30.5. The summed E-state index contributed by atoms with van der Waals surface area (Å²) in [6.07, 6.45) is -0.311. The van der Waals surface area contributed by atoms with Gasteiger partial charge >= 0.3 is 5.97 Å². The Bertz CT molecular complexity index is 1570. The number of aliphatic carboxylic acids is 1. The fourth-order valence-electron chi connectivity index (χ4n) is 4.74. The molecule has 2 amide bonds. The molecule has 2 N–H and O–H groups in total. The molecule has 1 saturated heterocycles. The van der Waals surface area contributed by atoms with Gasteiger partial charge in [-0.15, -0.1) is 11.6 Å². The summed E-state index contributed by atoms with van der Waals surface area (Å²) in [6, 6.07) is 21.6. The molecule has 42 heavy (non-hydrogen) atoms. The number of hydrogen-bond donors (Lipinski definition) is 2. The van der Waals surface area contributed by atoms with Gasteiger partial charge in [-0.3, -0.25) is 9.59 Å². The second kappa shape index (κ2) is 13.0. The van der Waals surface area contributed by atoms with E-state index in [2.05, 4.69) is 11.9 Å². The largest absolute Gasteiger partial charge is 0.497 e. The summed E-state index contributed by atoms with van der Waals surface area (Å²) in [6.45, 7) is 3.89. The van der Waals surface area contributed by atoms with E-state index < -0.39 is 43.6 Å². The number of hydrogen-bond acceptors (Lipinski definition) is 7. The van der Waals surface area contributed by atoms with Crippen LogP contribution in [0, 0.1) is 0 Å². The molecule has 3 aromatic rings. The predicted octanol–water partition coefficient (Wildman–Crippen LogP) is 3.87. The number of nitrogens with zero attached hydrogens (tertiary/aromatic N) is 1. The maximum atomic E-state index is 13.8. The predicted molar refractivity (Wildman–Crippen MR) is 161 cm³/mol. The molecule has 3 aromatic carbocycles. The van der Waals surface area contributed by atoms with Crippen LogP contribution in [0.4, 0.5) is 0 Å². The highest BCUT2D eigenvalue weighted by molar-refractivity contribution is 8.72. The first-order valence-corrected chi connectivity index (χ1v) is 16.2. The third-order valence-electron chi connectivity index (χ3n) is 6.95. The lowest BCUT2D eigenvalue weighted by Gasteiger charge is -2.54. The molecule has 0 radical (unpaired) electrons. The number of halogens is 1. The lowest BCUT2D eigenvalue weighted by molar-refractivity contribution is -0.168. The van der Waals surface area contributed by atoms with Crippen molar-refractivity contribution >= 4 is 49.0 Å². The Kier molecular flexibility index (Phi) is 9.65. The van der Waals surface area contributed by atoms with Crippen molar-refractivity contribution in [3.05, 3.63) is 108 Å². The molecule has 9 nitrogen and oxygen atoms in total. The maximum Gasteiger partial charge on any atom is 0.334 e. The van der Waals surface area contributed by atoms with Crippen LogP contribution >= 0.6 is 22.4 Å². The first kappa shape index (κ1) is 31.1. The van der Waals surface area contributed by atoms with Gasteiger partial charge in [0, 0.05) is 23.1 Å². The summed E-state index contributed by atoms with van der Waals surface area (Å²) in [4.78, 5) is 40.8. The topological polar surface area (TPSA) is 130 Å². The van der Waals surface area contributed by atoms with Gasteiger partial charge in [0.25, 0.3) is 0 Å². The van der Waals surface area contributed by atoms with E-state index in [9.17, 15) is 27.9 Å². The number of carboxylic acids is 1. The number of carbonyl (C=O) groups is 3. The van der Waals surface area contributed by atoms with Crippen molar-refractivity contribution in [3.63, 3.8) is 0 Å². The Morgan fingerprint density at radius 1 is 1.02 bits per heavy atom. The van der Waals surface area contributed by atoms with Crippen LogP contribution in [0.2, 0.25) is 0 Å². The van der Waals surface area contributed by atoms with Gasteiger partial charge in [-0.1, -0.05) is 67.2 Å². The number of likely N-dealkylation sites (tertiary alicyclic amines) is 1. The van der Waals surface area contributed by atoms with Gasteiger partial charge in [-0.25, -0.2) is 13.2 Å². The summed E-state index contributed by atoms with van der Waals surface area (Å²) < 4.78 is 32.1. The number of β-lactam (4-membered cyclic amide) rings is 1. The number of methoxy groups -OCH3 is 1. The van der Waals surface area contributed by atoms with E-state index in [1.807, 2.05) is 0 Å². The van der Waals surface area contributed by atoms with Crippen molar-refractivity contribution in [2.24, 2.45) is 0 Å². The lowest BCUT2D eigenvalue weighted by Crippen LogP contribution is -2.78. The van der Waals surface area contributed by atoms with Crippen molar-refractivity contribution in [1.29, 1.82) is 0 Å². The quantitative estimate of drug-likeness (QED) is 0.126. The van der Waals surface area contributed by atoms with Crippen molar-refractivity contribution < 1.29 is 32.6 Å². The summed E-state index contributed by atoms with van der Waals surface area (Å²) in [5.41, 5.74) is -0.923. The Balaban J connectivity index is 1.75. The van der Waals surface area contributed by atoms with Crippen LogP contribution in [0.1, 0.15) is 11.1 Å². The molecule has 0 aromatic heterocycles. The fraction of sp³-hybridized carbons (Fsp3) is 0.233. The molecule has 0 bridgehead atoms. The molecule has 3 atom stereocenters. The molecule has 1 heterocycles. The number of alkyl halides is 1. The number of nitrogens with one attached hydrogen (secondary N) is 1. The second-order valence-corrected chi connectivity index (χ2v) is 13.8. The van der Waals surface area contributed by atoms with Crippen molar-refractivity contribution in [2.45, 2.75) is 34.7 Å². The van der Waals surface area contributed by atoms with E-state index in [4.69, 9.17) is 16.3 Å². The smallest absolute Gasteiger partial charge is 0.334 e. The summed E-state index contributed by atoms with van der Waals surface area (Å²) in [5, 5.41) is 12.0. The van der Waals surface area contributed by atoms with E-state index in [1.54, 1.807) is 72.8 Å². The van der Waals surface area contributed by atoms with Crippen LogP contribution in [0.3, 0.4) is 0 Å². The lowest BCUT2D eigenvalue weighted by atomic mass is 9.79. The molecule has 1 aliphatic rings. The molecule has 12 heteroatoms. The normalized spacial score (nSPS) is 18.0. The third-order valence-corrected chi connectivity index (χ3v) is 11.0. The van der Waals surface area contributed by atoms with Crippen LogP contribution in [0.25, 0.3) is 0 Å². The minimum atomic E-state index is -4.11. The minimum Gasteiger partial charge on any atom is -0.497 e. The summed E-state index contributed by atoms with van der Waals surface area (Å²) in [5.74, 6) is -2.50. The molecule has 4 rings (SSSR count). The minimum absolute atomic E-state index is 0.0161. The first-order chi connectivity index (χ1) is 20.0. The molecular weight excluding hydrogens is 600 g/mol. The molecular formula is C30H29ClN2O7S2. The fourth-order valence-corrected chi connectivity index (χ4v) is 8.52. The highest BCUT2D eigenvalue weighted by Crippen LogP contribution is 2.45. The van der Waals surface area contributed by atoms with Gasteiger partial charge in [-0.2, -0.15) is 0 Å². The summed E-state index contributed by atoms with van der Waals surface area (Å²) >= 11 is 6.14. The van der Waals surface area contributed by atoms with Crippen LogP contribution in [0.5, 0.6) is 5.75 Å². The van der Waals surface area contributed by atoms with E-state index in [-0.39, 0.29) is 29.2 Å². The SMILES string of the molecule is C=C(CCl)C(Cc1ccc(OC)cc1)(C(=O)O)N1C(=O)C(NC(=O)Cc2ccccc2)C1SS(=O)(=O)c1ccccc1. The van der Waals surface area contributed by atoms with Gasteiger partial charge in [-0.05, 0) is 41.0 Å². The first-order valence-electron chi connectivity index (χ1n) is 12.8. The molecule has 1 aliphatic heterocycles. The van der Waals surface area contributed by atoms with Gasteiger partial charge in [0.1, 0.15) is 17.2 Å². The standard InChI is InChI=1S/C30H29ClN2O7S2/c1-20(19-31)30(29(36)37,18-22-13-15-23(40-2)16-14-22)33-27(35)26(32-25(34)17-21-9-5-3-6-10-21)28(33)41-42(38,39)24-11-7-4-8-12-24/h3-16,26,28H,1,17-19H2,2H3,(H,32,34)(H,36,37). The molecule has 1 fully saturated rings. The molecule has 0 saturated carbocycles. The van der Waals surface area contributed by atoms with Gasteiger partial charge in [0.05, 0.1) is 18.4 Å². The van der Waals surface area contributed by atoms with Gasteiger partial charge in [0.15, 0.2) is 5.54 Å². The Hall–Kier alpha value is -3.80. The van der Waals surface area contributed by atoms with E-state index in [1.165, 1.54) is 19.2 Å². The van der Waals surface area contributed by atoms with Crippen molar-refractivity contribution in [3.8, 4) is 5.75 Å². The van der Waals surface area contributed by atoms with Crippen LogP contribution in [-0.4, -0.2) is 66.2 Å². The average Bonchev–Trinajstić information content (AvgIpc) is 2.99. The van der Waals surface area contributed by atoms with Crippen LogP contribution < -0.4 is 10.1 Å². The van der Waals surface area contributed by atoms with E-state index in [0.29, 0.717) is 27.7 Å². The third kappa shape index (κ3) is 6.33. The second-order valence-electron chi connectivity index (χ2n) is 9.60. The monoisotopic (exact) mass is 628 g/mol. The van der Waals surface area contributed by atoms with Crippen molar-refractivity contribution in [2.75, 3.05) is 13.0 Å². The number of ether oxygens (including phenoxy) is 1. The molecule has 0 spiro atoms. The number of carboxylic acid groups (broad SMARTS) is 1. The number of rotatable bonds is 13. The van der Waals surface area contributed by atoms with Crippen molar-refractivity contribution in [1.82, 2.24) is 10.2 Å². The number of amides is 2. The molecule has 220 valence electrons. The number of carbonyl (C=O) groups excluding carboxylic acids is 2. The maximum absolute atomic E-state index is 13.8. The van der Waals surface area contributed by atoms with Crippen LogP contribution in [0.15, 0.2) is 102 Å². The average molecular weight is 629 g/mol. The van der Waals surface area contributed by atoms with E-state index >= 15 is 0 Å². The highest BCUT2D eigenvalue weighted by Gasteiger charge is 2.62. The van der Waals surface area contributed by atoms with Gasteiger partial charge < -0.3 is 20.1 Å². The van der Waals surface area contributed by atoms with E-state index in [0.717, 1.165) is 4.90 Å². The summed E-state index contributed by atoms with van der Waals surface area (Å²) in [7, 11) is -2.22. The zero-order valence-corrected chi connectivity index (χ0v) is 25.0. The zero-order valence-electron chi connectivity index (χ0n) is 22.6. The molecule has 3 unspecified atom stereocenters. The Labute approximate surface area is 252 Å². The number of benzene rings is 3. The highest BCUT2D eigenvalue weighted by atomic mass is 35.5. The Morgan fingerprint density at radius 3 is 2.17 bits per heavy atom. The Morgan fingerprint density at radius 2 is 1.62 bits per heavy atom. The van der Waals surface area contributed by atoms with Gasteiger partial charge in [0.2, 0.25) is 20.7 Å². The van der Waals surface area contributed by atoms with Crippen LogP contribution in [-0.2, 0) is 36.1 Å². The molecule has 0 aliphatic carbocycles.